The van der Waals surface area contributed by atoms with Gasteiger partial charge in [0.25, 0.3) is 0 Å². The van der Waals surface area contributed by atoms with Crippen LogP contribution < -0.4 is 11.3 Å². The summed E-state index contributed by atoms with van der Waals surface area (Å²) < 4.78 is 1.99. The molecule has 0 radical (unpaired) electrons. The molecule has 1 saturated carbocycles. The van der Waals surface area contributed by atoms with Gasteiger partial charge in [-0.3, -0.25) is 16.0 Å². The molecule has 0 amide bonds. The average Bonchev–Trinajstić information content (AvgIpc) is 2.84. The number of nitrogens with zero attached hydrogens (tertiary/aromatic N) is 2. The average molecular weight is 296 g/mol. The van der Waals surface area contributed by atoms with E-state index >= 15 is 0 Å². The summed E-state index contributed by atoms with van der Waals surface area (Å²) in [5.41, 5.74) is 5.42. The quantitative estimate of drug-likeness (QED) is 0.599. The van der Waals surface area contributed by atoms with E-state index in [9.17, 15) is 0 Å². The van der Waals surface area contributed by atoms with Gasteiger partial charge >= 0.3 is 0 Å². The van der Waals surface area contributed by atoms with Gasteiger partial charge in [-0.2, -0.15) is 16.9 Å². The molecule has 0 aliphatic heterocycles. The van der Waals surface area contributed by atoms with Gasteiger partial charge in [-0.15, -0.1) is 0 Å². The van der Waals surface area contributed by atoms with Gasteiger partial charge in [-0.25, -0.2) is 0 Å². The van der Waals surface area contributed by atoms with Crippen molar-refractivity contribution < 1.29 is 0 Å². The molecule has 20 heavy (non-hydrogen) atoms. The maximum absolute atomic E-state index is 5.73. The predicted octanol–water partition coefficient (Wildman–Crippen LogP) is 2.42. The van der Waals surface area contributed by atoms with Crippen LogP contribution in [0.2, 0.25) is 0 Å². The fraction of sp³-hybridized carbons (Fsp3) is 0.800. The lowest BCUT2D eigenvalue weighted by Gasteiger charge is -2.23. The zero-order chi connectivity index (χ0) is 14.4. The normalized spacial score (nSPS) is 18.4. The number of rotatable bonds is 7. The van der Waals surface area contributed by atoms with Crippen LogP contribution in [0, 0.1) is 0 Å². The number of hydrogen-bond donors (Lipinski definition) is 2. The number of hydrazine groups is 1. The molecular weight excluding hydrogens is 268 g/mol. The molecule has 1 aromatic rings. The zero-order valence-electron chi connectivity index (χ0n) is 12.8. The summed E-state index contributed by atoms with van der Waals surface area (Å²) in [6.07, 6.45) is 8.94. The molecule has 1 aliphatic rings. The number of aryl methyl sites for hydroxylation is 2. The Morgan fingerprint density at radius 2 is 2.20 bits per heavy atom. The van der Waals surface area contributed by atoms with Gasteiger partial charge in [-0.05, 0) is 25.3 Å². The Balaban J connectivity index is 1.83. The largest absolute Gasteiger partial charge is 0.272 e. The second-order valence-electron chi connectivity index (χ2n) is 5.77. The van der Waals surface area contributed by atoms with Crippen LogP contribution in [0.1, 0.15) is 50.4 Å². The summed E-state index contributed by atoms with van der Waals surface area (Å²) in [7, 11) is 2.02. The molecule has 1 aromatic heterocycles. The second kappa shape index (κ2) is 8.05. The van der Waals surface area contributed by atoms with Crippen LogP contribution in [0.4, 0.5) is 0 Å². The van der Waals surface area contributed by atoms with Gasteiger partial charge in [0.05, 0.1) is 5.69 Å². The fourth-order valence-electron chi connectivity index (χ4n) is 2.84. The Morgan fingerprint density at radius 1 is 1.45 bits per heavy atom. The fourth-order valence-corrected chi connectivity index (χ4v) is 4.22. The van der Waals surface area contributed by atoms with Crippen molar-refractivity contribution in [3.8, 4) is 0 Å². The topological polar surface area (TPSA) is 55.9 Å². The standard InChI is InChI=1S/C15H28N4S/c1-3-12-9-14(19(2)18-12)10-13(17-16)11-20-15-7-5-4-6-8-15/h9,13,15,17H,3-8,10-11,16H2,1-2H3. The van der Waals surface area contributed by atoms with Crippen LogP contribution in [0.15, 0.2) is 6.07 Å². The maximum atomic E-state index is 5.73. The van der Waals surface area contributed by atoms with E-state index < -0.39 is 0 Å². The van der Waals surface area contributed by atoms with Crippen molar-refractivity contribution in [2.75, 3.05) is 5.75 Å². The first kappa shape index (κ1) is 15.9. The highest BCUT2D eigenvalue weighted by Gasteiger charge is 2.17. The summed E-state index contributed by atoms with van der Waals surface area (Å²) in [4.78, 5) is 0. The van der Waals surface area contributed by atoms with Crippen molar-refractivity contribution in [2.24, 2.45) is 12.9 Å². The van der Waals surface area contributed by atoms with Crippen molar-refractivity contribution in [3.63, 3.8) is 0 Å². The van der Waals surface area contributed by atoms with Crippen LogP contribution in [0.5, 0.6) is 0 Å². The highest BCUT2D eigenvalue weighted by atomic mass is 32.2. The van der Waals surface area contributed by atoms with Crippen LogP contribution in [0.25, 0.3) is 0 Å². The predicted molar refractivity (Wildman–Crippen MR) is 86.7 cm³/mol. The maximum Gasteiger partial charge on any atom is 0.0624 e. The van der Waals surface area contributed by atoms with Gasteiger partial charge in [-0.1, -0.05) is 26.2 Å². The third kappa shape index (κ3) is 4.50. The third-order valence-electron chi connectivity index (χ3n) is 4.17. The molecule has 5 heteroatoms. The number of nitrogens with one attached hydrogen (secondary N) is 1. The molecule has 0 spiro atoms. The van der Waals surface area contributed by atoms with Crippen molar-refractivity contribution >= 4 is 11.8 Å². The van der Waals surface area contributed by atoms with E-state index in [1.807, 2.05) is 11.7 Å². The van der Waals surface area contributed by atoms with Gasteiger partial charge in [0.2, 0.25) is 0 Å². The van der Waals surface area contributed by atoms with Crippen LogP contribution in [-0.4, -0.2) is 26.8 Å². The van der Waals surface area contributed by atoms with Crippen molar-refractivity contribution in [1.82, 2.24) is 15.2 Å². The molecule has 3 N–H and O–H groups in total. The van der Waals surface area contributed by atoms with E-state index in [0.717, 1.165) is 23.8 Å². The summed E-state index contributed by atoms with van der Waals surface area (Å²) in [5, 5.41) is 5.35. The Kier molecular flexibility index (Phi) is 6.39. The first-order chi connectivity index (χ1) is 9.72. The van der Waals surface area contributed by atoms with Gasteiger partial charge < -0.3 is 0 Å². The summed E-state index contributed by atoms with van der Waals surface area (Å²) in [6.45, 7) is 2.14. The van der Waals surface area contributed by atoms with E-state index in [1.165, 1.54) is 43.5 Å². The van der Waals surface area contributed by atoms with Crippen LogP contribution in [-0.2, 0) is 19.9 Å². The van der Waals surface area contributed by atoms with Crippen molar-refractivity contribution in [3.05, 3.63) is 17.5 Å². The molecule has 1 aliphatic carbocycles. The molecule has 1 fully saturated rings. The Hall–Kier alpha value is -0.520. The number of nitrogens with two attached hydrogens (primary N) is 1. The molecule has 1 heterocycles. The molecule has 0 saturated heterocycles. The summed E-state index contributed by atoms with van der Waals surface area (Å²) in [6, 6.07) is 2.54. The second-order valence-corrected chi connectivity index (χ2v) is 7.10. The summed E-state index contributed by atoms with van der Waals surface area (Å²) in [5.74, 6) is 6.82. The Labute approximate surface area is 126 Å². The summed E-state index contributed by atoms with van der Waals surface area (Å²) >= 11 is 2.10. The third-order valence-corrected chi connectivity index (χ3v) is 5.70. The van der Waals surface area contributed by atoms with E-state index in [4.69, 9.17) is 5.84 Å². The highest BCUT2D eigenvalue weighted by Crippen LogP contribution is 2.28. The molecule has 1 unspecified atom stereocenters. The lowest BCUT2D eigenvalue weighted by atomic mass is 10.0. The monoisotopic (exact) mass is 296 g/mol. The van der Waals surface area contributed by atoms with E-state index in [0.29, 0.717) is 6.04 Å². The van der Waals surface area contributed by atoms with Crippen molar-refractivity contribution in [2.45, 2.75) is 63.2 Å². The Morgan fingerprint density at radius 3 is 2.80 bits per heavy atom. The number of aromatic nitrogens is 2. The molecule has 2 rings (SSSR count). The minimum atomic E-state index is 0.335. The number of thioether (sulfide) groups is 1. The van der Waals surface area contributed by atoms with E-state index in [1.54, 1.807) is 0 Å². The number of hydrogen-bond acceptors (Lipinski definition) is 4. The molecule has 4 nitrogen and oxygen atoms in total. The minimum absolute atomic E-state index is 0.335. The molecule has 1 atom stereocenters. The Bertz CT molecular complexity index is 399. The van der Waals surface area contributed by atoms with Gasteiger partial charge in [0.1, 0.15) is 0 Å². The highest BCUT2D eigenvalue weighted by molar-refractivity contribution is 7.99. The lowest BCUT2D eigenvalue weighted by Crippen LogP contribution is -2.39. The lowest BCUT2D eigenvalue weighted by molar-refractivity contribution is 0.511. The van der Waals surface area contributed by atoms with Gasteiger partial charge in [0, 0.05) is 36.2 Å². The van der Waals surface area contributed by atoms with Crippen LogP contribution in [0.3, 0.4) is 0 Å². The zero-order valence-corrected chi connectivity index (χ0v) is 13.6. The van der Waals surface area contributed by atoms with Gasteiger partial charge in [0.15, 0.2) is 0 Å². The van der Waals surface area contributed by atoms with E-state index in [2.05, 4.69) is 35.3 Å². The van der Waals surface area contributed by atoms with Crippen LogP contribution >= 0.6 is 11.8 Å². The van der Waals surface area contributed by atoms with E-state index in [-0.39, 0.29) is 0 Å². The molecular formula is C15H28N4S. The first-order valence-corrected chi connectivity index (χ1v) is 8.87. The minimum Gasteiger partial charge on any atom is -0.272 e. The molecule has 0 bridgehead atoms. The SMILES string of the molecule is CCc1cc(CC(CSC2CCCCC2)NN)n(C)n1. The molecule has 0 aromatic carbocycles. The molecule has 114 valence electrons. The first-order valence-electron chi connectivity index (χ1n) is 7.82. The smallest absolute Gasteiger partial charge is 0.0624 e. The van der Waals surface area contributed by atoms with Crippen molar-refractivity contribution in [1.29, 1.82) is 0 Å².